The van der Waals surface area contributed by atoms with Gasteiger partial charge < -0.3 is 5.32 Å². The minimum Gasteiger partial charge on any atom is -0.310 e. The van der Waals surface area contributed by atoms with Crippen molar-refractivity contribution >= 4 is 21.6 Å². The van der Waals surface area contributed by atoms with Gasteiger partial charge in [0.1, 0.15) is 9.84 Å². The van der Waals surface area contributed by atoms with Crippen molar-refractivity contribution in [2.45, 2.75) is 38.1 Å². The molecule has 0 heterocycles. The van der Waals surface area contributed by atoms with E-state index in [2.05, 4.69) is 43.4 Å². The molecule has 1 atom stereocenters. The Balaban J connectivity index is 2.39. The van der Waals surface area contributed by atoms with Gasteiger partial charge in [-0.25, -0.2) is 8.42 Å². The van der Waals surface area contributed by atoms with E-state index < -0.39 is 9.84 Å². The zero-order chi connectivity index (χ0) is 15.0. The SMILES string of the molecule is CCNC(C)c1ccc(SCCCS(=O)(=O)CC)cc1. The van der Waals surface area contributed by atoms with Crippen LogP contribution in [-0.2, 0) is 9.84 Å². The predicted molar refractivity (Wildman–Crippen MR) is 88.2 cm³/mol. The van der Waals surface area contributed by atoms with Crippen molar-refractivity contribution < 1.29 is 8.42 Å². The second-order valence-corrected chi connectivity index (χ2v) is 8.43. The van der Waals surface area contributed by atoms with Gasteiger partial charge in [0.05, 0.1) is 5.75 Å². The van der Waals surface area contributed by atoms with Gasteiger partial charge in [-0.3, -0.25) is 0 Å². The van der Waals surface area contributed by atoms with E-state index in [0.717, 1.165) is 18.7 Å². The summed E-state index contributed by atoms with van der Waals surface area (Å²) in [6, 6.07) is 8.87. The molecule has 114 valence electrons. The Morgan fingerprint density at radius 3 is 2.40 bits per heavy atom. The molecule has 5 heteroatoms. The summed E-state index contributed by atoms with van der Waals surface area (Å²) in [7, 11) is -2.82. The highest BCUT2D eigenvalue weighted by atomic mass is 32.2. The fourth-order valence-electron chi connectivity index (χ4n) is 1.89. The molecule has 1 N–H and O–H groups in total. The third-order valence-corrected chi connectivity index (χ3v) is 6.09. The van der Waals surface area contributed by atoms with Gasteiger partial charge in [-0.1, -0.05) is 26.0 Å². The van der Waals surface area contributed by atoms with Crippen molar-refractivity contribution in [3.05, 3.63) is 29.8 Å². The highest BCUT2D eigenvalue weighted by Gasteiger charge is 2.07. The molecule has 0 saturated carbocycles. The summed E-state index contributed by atoms with van der Waals surface area (Å²) in [4.78, 5) is 1.20. The van der Waals surface area contributed by atoms with E-state index in [0.29, 0.717) is 11.8 Å². The van der Waals surface area contributed by atoms with Crippen molar-refractivity contribution in [1.82, 2.24) is 5.32 Å². The molecule has 0 amide bonds. The molecule has 3 nitrogen and oxygen atoms in total. The topological polar surface area (TPSA) is 46.2 Å². The van der Waals surface area contributed by atoms with E-state index in [4.69, 9.17) is 0 Å². The molecule has 0 spiro atoms. The average Bonchev–Trinajstić information content (AvgIpc) is 2.44. The van der Waals surface area contributed by atoms with Gasteiger partial charge in [0.15, 0.2) is 0 Å². The first-order chi connectivity index (χ1) is 9.48. The normalized spacial score (nSPS) is 13.3. The minimum atomic E-state index is -2.82. The third kappa shape index (κ3) is 6.29. The lowest BCUT2D eigenvalue weighted by Gasteiger charge is -2.13. The lowest BCUT2D eigenvalue weighted by Crippen LogP contribution is -2.17. The zero-order valence-corrected chi connectivity index (χ0v) is 14.2. The number of thioether (sulfide) groups is 1. The molecule has 0 saturated heterocycles. The highest BCUT2D eigenvalue weighted by molar-refractivity contribution is 7.99. The van der Waals surface area contributed by atoms with Gasteiger partial charge in [0, 0.05) is 16.7 Å². The third-order valence-electron chi connectivity index (χ3n) is 3.20. The Morgan fingerprint density at radius 2 is 1.85 bits per heavy atom. The summed E-state index contributed by atoms with van der Waals surface area (Å²) in [5, 5.41) is 3.38. The van der Waals surface area contributed by atoms with E-state index >= 15 is 0 Å². The molecule has 0 bridgehead atoms. The summed E-state index contributed by atoms with van der Waals surface area (Å²) in [6.07, 6.45) is 0.719. The van der Waals surface area contributed by atoms with Crippen LogP contribution in [0.4, 0.5) is 0 Å². The number of nitrogens with one attached hydrogen (secondary N) is 1. The van der Waals surface area contributed by atoms with Crippen LogP contribution in [0.5, 0.6) is 0 Å². The smallest absolute Gasteiger partial charge is 0.150 e. The lowest BCUT2D eigenvalue weighted by atomic mass is 10.1. The summed E-state index contributed by atoms with van der Waals surface area (Å²) in [5.41, 5.74) is 1.28. The van der Waals surface area contributed by atoms with Crippen molar-refractivity contribution in [2.75, 3.05) is 23.8 Å². The van der Waals surface area contributed by atoms with Gasteiger partial charge in [-0.05, 0) is 43.3 Å². The lowest BCUT2D eigenvalue weighted by molar-refractivity contribution is 0.596. The maximum Gasteiger partial charge on any atom is 0.150 e. The highest BCUT2D eigenvalue weighted by Crippen LogP contribution is 2.21. The van der Waals surface area contributed by atoms with Crippen LogP contribution in [0, 0.1) is 0 Å². The Bertz CT molecular complexity index is 483. The number of hydrogen-bond donors (Lipinski definition) is 1. The first-order valence-electron chi connectivity index (χ1n) is 7.15. The standard InChI is InChI=1S/C15H25NO2S2/c1-4-16-13(3)14-7-9-15(10-8-14)19-11-6-12-20(17,18)5-2/h7-10,13,16H,4-6,11-12H2,1-3H3. The van der Waals surface area contributed by atoms with Crippen molar-refractivity contribution in [3.8, 4) is 0 Å². The molecule has 1 unspecified atom stereocenters. The number of benzene rings is 1. The largest absolute Gasteiger partial charge is 0.310 e. The quantitative estimate of drug-likeness (QED) is 0.561. The van der Waals surface area contributed by atoms with Crippen LogP contribution < -0.4 is 5.32 Å². The van der Waals surface area contributed by atoms with Crippen LogP contribution in [0.15, 0.2) is 29.2 Å². The van der Waals surface area contributed by atoms with Gasteiger partial charge in [0.2, 0.25) is 0 Å². The fourth-order valence-corrected chi connectivity index (χ4v) is 3.80. The summed E-state index contributed by atoms with van der Waals surface area (Å²) in [6.45, 7) is 6.92. The number of sulfone groups is 1. The molecule has 0 radical (unpaired) electrons. The van der Waals surface area contributed by atoms with Crippen LogP contribution in [0.3, 0.4) is 0 Å². The van der Waals surface area contributed by atoms with E-state index in [9.17, 15) is 8.42 Å². The maximum atomic E-state index is 11.4. The van der Waals surface area contributed by atoms with Crippen LogP contribution in [0.1, 0.15) is 38.8 Å². The first kappa shape index (κ1) is 17.5. The molecular weight excluding hydrogens is 290 g/mol. The van der Waals surface area contributed by atoms with Gasteiger partial charge in [-0.2, -0.15) is 0 Å². The molecule has 20 heavy (non-hydrogen) atoms. The van der Waals surface area contributed by atoms with Gasteiger partial charge in [-0.15, -0.1) is 11.8 Å². The minimum absolute atomic E-state index is 0.245. The Morgan fingerprint density at radius 1 is 1.20 bits per heavy atom. The first-order valence-corrected chi connectivity index (χ1v) is 9.95. The van der Waals surface area contributed by atoms with Crippen LogP contribution in [0.2, 0.25) is 0 Å². The Kier molecular flexibility index (Phi) is 7.62. The van der Waals surface area contributed by atoms with E-state index in [-0.39, 0.29) is 5.75 Å². The fraction of sp³-hybridized carbons (Fsp3) is 0.600. The second-order valence-electron chi connectivity index (χ2n) is 4.79. The predicted octanol–water partition coefficient (Wildman–Crippen LogP) is 3.27. The number of rotatable bonds is 9. The molecule has 1 aromatic carbocycles. The van der Waals surface area contributed by atoms with Crippen LogP contribution in [0.25, 0.3) is 0 Å². The molecule has 0 aliphatic carbocycles. The second kappa shape index (κ2) is 8.70. The summed E-state index contributed by atoms with van der Waals surface area (Å²) >= 11 is 1.72. The van der Waals surface area contributed by atoms with Gasteiger partial charge in [0.25, 0.3) is 0 Å². The van der Waals surface area contributed by atoms with Crippen molar-refractivity contribution in [2.24, 2.45) is 0 Å². The molecular formula is C15H25NO2S2. The molecule has 0 aliphatic heterocycles. The molecule has 1 aromatic rings. The van der Waals surface area contributed by atoms with Crippen LogP contribution in [-0.4, -0.2) is 32.2 Å². The van der Waals surface area contributed by atoms with Crippen molar-refractivity contribution in [1.29, 1.82) is 0 Å². The number of hydrogen-bond acceptors (Lipinski definition) is 4. The Hall–Kier alpha value is -0.520. The summed E-state index contributed by atoms with van der Waals surface area (Å²) in [5.74, 6) is 1.39. The van der Waals surface area contributed by atoms with E-state index in [1.807, 2.05) is 0 Å². The molecule has 0 aromatic heterocycles. The van der Waals surface area contributed by atoms with Crippen LogP contribution >= 0.6 is 11.8 Å². The van der Waals surface area contributed by atoms with E-state index in [1.165, 1.54) is 10.5 Å². The average molecular weight is 316 g/mol. The molecule has 0 aliphatic rings. The zero-order valence-electron chi connectivity index (χ0n) is 12.6. The monoisotopic (exact) mass is 315 g/mol. The maximum absolute atomic E-state index is 11.4. The summed E-state index contributed by atoms with van der Waals surface area (Å²) < 4.78 is 22.8. The Labute approximate surface area is 127 Å². The van der Waals surface area contributed by atoms with Gasteiger partial charge >= 0.3 is 0 Å². The van der Waals surface area contributed by atoms with E-state index in [1.54, 1.807) is 18.7 Å². The van der Waals surface area contributed by atoms with Crippen molar-refractivity contribution in [3.63, 3.8) is 0 Å². The molecule has 1 rings (SSSR count). The molecule has 0 fully saturated rings.